The number of carbonyl (C=O) groups excluding carboxylic acids is 1. The molecule has 1 unspecified atom stereocenters. The maximum absolute atomic E-state index is 12.9. The van der Waals surface area contributed by atoms with Crippen LogP contribution in [0.4, 0.5) is 0 Å². The second-order valence-corrected chi connectivity index (χ2v) is 8.58. The summed E-state index contributed by atoms with van der Waals surface area (Å²) in [6.07, 6.45) is 3.38. The number of sulfonamides is 1. The third-order valence-electron chi connectivity index (χ3n) is 5.15. The number of piperidine rings is 1. The van der Waals surface area contributed by atoms with Gasteiger partial charge in [0.05, 0.1) is 12.3 Å². The van der Waals surface area contributed by atoms with Crippen molar-refractivity contribution < 1.29 is 13.2 Å². The second kappa shape index (κ2) is 6.24. The molecule has 1 saturated heterocycles. The monoisotopic (exact) mass is 336 g/mol. The quantitative estimate of drug-likeness (QED) is 0.827. The van der Waals surface area contributed by atoms with Crippen LogP contribution < -0.4 is 0 Å². The van der Waals surface area contributed by atoms with Gasteiger partial charge in [0, 0.05) is 25.6 Å². The molecule has 0 aromatic heterocycles. The van der Waals surface area contributed by atoms with Crippen LogP contribution in [0.5, 0.6) is 0 Å². The van der Waals surface area contributed by atoms with E-state index >= 15 is 0 Å². The van der Waals surface area contributed by atoms with Crippen LogP contribution >= 0.6 is 0 Å². The number of nitrogens with zero attached hydrogens (tertiary/aromatic N) is 2. The summed E-state index contributed by atoms with van der Waals surface area (Å²) < 4.78 is 24.6. The summed E-state index contributed by atoms with van der Waals surface area (Å²) in [5.41, 5.74) is 2.57. The lowest BCUT2D eigenvalue weighted by Crippen LogP contribution is -2.46. The highest BCUT2D eigenvalue weighted by molar-refractivity contribution is 7.88. The Labute approximate surface area is 138 Å². The van der Waals surface area contributed by atoms with Gasteiger partial charge in [-0.15, -0.1) is 0 Å². The van der Waals surface area contributed by atoms with Gasteiger partial charge in [0.25, 0.3) is 0 Å². The van der Waals surface area contributed by atoms with Crippen LogP contribution in [0.2, 0.25) is 0 Å². The van der Waals surface area contributed by atoms with Crippen LogP contribution in [0.3, 0.4) is 0 Å². The summed E-state index contributed by atoms with van der Waals surface area (Å²) in [5, 5.41) is 0. The molecule has 1 fully saturated rings. The van der Waals surface area contributed by atoms with Crippen molar-refractivity contribution in [1.29, 1.82) is 0 Å². The zero-order valence-corrected chi connectivity index (χ0v) is 14.6. The molecule has 0 spiro atoms. The highest BCUT2D eigenvalue weighted by atomic mass is 32.2. The Bertz CT molecular complexity index is 694. The number of carbonyl (C=O) groups is 1. The van der Waals surface area contributed by atoms with Gasteiger partial charge in [0.2, 0.25) is 15.9 Å². The maximum Gasteiger partial charge on any atom is 0.226 e. The van der Waals surface area contributed by atoms with Gasteiger partial charge in [-0.2, -0.15) is 0 Å². The number of hydrogen-bond acceptors (Lipinski definition) is 3. The van der Waals surface area contributed by atoms with Crippen molar-refractivity contribution in [2.75, 3.05) is 25.9 Å². The van der Waals surface area contributed by atoms with Gasteiger partial charge in [-0.3, -0.25) is 4.79 Å². The lowest BCUT2D eigenvalue weighted by Gasteiger charge is -2.39. The van der Waals surface area contributed by atoms with E-state index in [1.807, 2.05) is 17.0 Å². The predicted molar refractivity (Wildman–Crippen MR) is 89.4 cm³/mol. The van der Waals surface area contributed by atoms with Crippen molar-refractivity contribution in [3.05, 3.63) is 35.4 Å². The molecular weight excluding hydrogens is 312 g/mol. The molecular formula is C17H24N2O3S. The molecule has 126 valence electrons. The van der Waals surface area contributed by atoms with Gasteiger partial charge in [-0.25, -0.2) is 12.7 Å². The van der Waals surface area contributed by atoms with E-state index in [0.717, 1.165) is 13.0 Å². The first-order chi connectivity index (χ1) is 10.9. The van der Waals surface area contributed by atoms with Crippen molar-refractivity contribution in [2.24, 2.45) is 5.92 Å². The highest BCUT2D eigenvalue weighted by Gasteiger charge is 2.35. The number of fused-ring (bicyclic) bond motifs is 1. The third kappa shape index (κ3) is 3.28. The largest absolute Gasteiger partial charge is 0.335 e. The second-order valence-electron chi connectivity index (χ2n) is 6.59. The topological polar surface area (TPSA) is 57.7 Å². The minimum atomic E-state index is -3.14. The number of amides is 1. The minimum absolute atomic E-state index is 0.0549. The number of rotatable bonds is 2. The van der Waals surface area contributed by atoms with Crippen molar-refractivity contribution in [3.63, 3.8) is 0 Å². The molecule has 5 nitrogen and oxygen atoms in total. The fraction of sp³-hybridized carbons (Fsp3) is 0.588. The zero-order valence-electron chi connectivity index (χ0n) is 13.7. The molecule has 3 rings (SSSR count). The lowest BCUT2D eigenvalue weighted by molar-refractivity contribution is -0.139. The summed E-state index contributed by atoms with van der Waals surface area (Å²) >= 11 is 0. The van der Waals surface area contributed by atoms with Crippen LogP contribution in [0.1, 0.15) is 36.9 Å². The van der Waals surface area contributed by atoms with E-state index in [4.69, 9.17) is 0 Å². The summed E-state index contributed by atoms with van der Waals surface area (Å²) in [5.74, 6) is 0.126. The summed E-state index contributed by atoms with van der Waals surface area (Å²) in [6.45, 7) is 3.74. The van der Waals surface area contributed by atoms with E-state index in [9.17, 15) is 13.2 Å². The molecule has 1 aromatic carbocycles. The van der Waals surface area contributed by atoms with E-state index in [-0.39, 0.29) is 17.9 Å². The molecule has 0 saturated carbocycles. The van der Waals surface area contributed by atoms with Gasteiger partial charge >= 0.3 is 0 Å². The van der Waals surface area contributed by atoms with E-state index < -0.39 is 10.0 Å². The van der Waals surface area contributed by atoms with Crippen LogP contribution in [0.15, 0.2) is 24.3 Å². The first-order valence-corrected chi connectivity index (χ1v) is 10.1. The predicted octanol–water partition coefficient (Wildman–Crippen LogP) is 1.80. The standard InChI is InChI=1S/C17H24N2O3S/c1-13-16-6-4-3-5-14(16)9-12-19(13)17(20)15-7-10-18(11-8-15)23(2,21)22/h3-6,13,15H,7-12H2,1-2H3. The zero-order chi connectivity index (χ0) is 16.6. The molecule has 1 aromatic rings. The fourth-order valence-corrected chi connectivity index (χ4v) is 4.62. The SMILES string of the molecule is CC1c2ccccc2CCN1C(=O)C1CCN(S(C)(=O)=O)CC1. The van der Waals surface area contributed by atoms with Crippen LogP contribution in [0.25, 0.3) is 0 Å². The average molecular weight is 336 g/mol. The summed E-state index contributed by atoms with van der Waals surface area (Å²) in [4.78, 5) is 14.9. The lowest BCUT2D eigenvalue weighted by atomic mass is 9.90. The molecule has 0 bridgehead atoms. The number of hydrogen-bond donors (Lipinski definition) is 0. The van der Waals surface area contributed by atoms with Gasteiger partial charge in [0.15, 0.2) is 0 Å². The minimum Gasteiger partial charge on any atom is -0.335 e. The Hall–Kier alpha value is -1.40. The van der Waals surface area contributed by atoms with Crippen LogP contribution in [-0.2, 0) is 21.2 Å². The third-order valence-corrected chi connectivity index (χ3v) is 6.45. The van der Waals surface area contributed by atoms with Crippen LogP contribution in [-0.4, -0.2) is 49.4 Å². The normalized spacial score (nSPS) is 23.6. The Morgan fingerprint density at radius 1 is 1.13 bits per heavy atom. The molecule has 23 heavy (non-hydrogen) atoms. The Kier molecular flexibility index (Phi) is 4.47. The van der Waals surface area contributed by atoms with Crippen molar-refractivity contribution in [1.82, 2.24) is 9.21 Å². The molecule has 0 N–H and O–H groups in total. The Morgan fingerprint density at radius 2 is 1.78 bits per heavy atom. The van der Waals surface area contributed by atoms with Crippen molar-refractivity contribution >= 4 is 15.9 Å². The van der Waals surface area contributed by atoms with E-state index in [0.29, 0.717) is 25.9 Å². The molecule has 2 aliphatic heterocycles. The highest BCUT2D eigenvalue weighted by Crippen LogP contribution is 2.32. The Morgan fingerprint density at radius 3 is 2.43 bits per heavy atom. The van der Waals surface area contributed by atoms with Gasteiger partial charge < -0.3 is 4.90 Å². The molecule has 1 atom stereocenters. The maximum atomic E-state index is 12.9. The van der Waals surface area contributed by atoms with Crippen molar-refractivity contribution in [2.45, 2.75) is 32.2 Å². The first kappa shape index (κ1) is 16.5. The Balaban J connectivity index is 1.68. The molecule has 2 aliphatic rings. The molecule has 2 heterocycles. The van der Waals surface area contributed by atoms with Gasteiger partial charge in [-0.05, 0) is 37.3 Å². The summed E-state index contributed by atoms with van der Waals surface area (Å²) in [6, 6.07) is 8.40. The number of benzene rings is 1. The van der Waals surface area contributed by atoms with Crippen molar-refractivity contribution in [3.8, 4) is 0 Å². The molecule has 0 radical (unpaired) electrons. The molecule has 1 amide bonds. The first-order valence-electron chi connectivity index (χ1n) is 8.21. The van der Waals surface area contributed by atoms with E-state index in [2.05, 4.69) is 19.1 Å². The summed E-state index contributed by atoms with van der Waals surface area (Å²) in [7, 11) is -3.14. The smallest absolute Gasteiger partial charge is 0.226 e. The van der Waals surface area contributed by atoms with E-state index in [1.54, 1.807) is 0 Å². The van der Waals surface area contributed by atoms with Gasteiger partial charge in [0.1, 0.15) is 0 Å². The fourth-order valence-electron chi connectivity index (χ4n) is 3.74. The molecule has 6 heteroatoms. The molecule has 0 aliphatic carbocycles. The van der Waals surface area contributed by atoms with E-state index in [1.165, 1.54) is 21.7 Å². The van der Waals surface area contributed by atoms with Crippen LogP contribution in [0, 0.1) is 5.92 Å². The average Bonchev–Trinajstić information content (AvgIpc) is 2.54. The van der Waals surface area contributed by atoms with Gasteiger partial charge in [-0.1, -0.05) is 24.3 Å².